The molecular weight excluding hydrogens is 312 g/mol. The first kappa shape index (κ1) is 15.3. The summed E-state index contributed by atoms with van der Waals surface area (Å²) >= 11 is 5.83. The third-order valence-electron chi connectivity index (χ3n) is 2.77. The first-order valence-electron chi connectivity index (χ1n) is 5.89. The van der Waals surface area contributed by atoms with Crippen molar-refractivity contribution >= 4 is 21.6 Å². The van der Waals surface area contributed by atoms with Gasteiger partial charge in [0, 0.05) is 6.54 Å². The van der Waals surface area contributed by atoms with Crippen molar-refractivity contribution in [1.29, 1.82) is 5.26 Å². The Hall–Kier alpha value is -2.07. The number of halogens is 1. The van der Waals surface area contributed by atoms with E-state index in [-0.39, 0.29) is 27.8 Å². The number of aromatic hydroxyl groups is 1. The Bertz CT molecular complexity index is 796. The second-order valence-corrected chi connectivity index (χ2v) is 6.42. The highest BCUT2D eigenvalue weighted by atomic mass is 35.5. The number of rotatable bonds is 4. The molecule has 0 spiro atoms. The van der Waals surface area contributed by atoms with Crippen molar-refractivity contribution in [2.24, 2.45) is 0 Å². The summed E-state index contributed by atoms with van der Waals surface area (Å²) in [4.78, 5) is -0.00900. The van der Waals surface area contributed by atoms with Crippen molar-refractivity contribution in [3.05, 3.63) is 58.6 Å². The molecule has 0 unspecified atom stereocenters. The van der Waals surface area contributed by atoms with Crippen LogP contribution >= 0.6 is 11.6 Å². The number of nitriles is 1. The number of sulfonamides is 1. The lowest BCUT2D eigenvalue weighted by molar-refractivity contribution is 0.475. The molecule has 0 saturated heterocycles. The van der Waals surface area contributed by atoms with Crippen LogP contribution in [0.4, 0.5) is 0 Å². The van der Waals surface area contributed by atoms with Gasteiger partial charge in [-0.2, -0.15) is 5.26 Å². The summed E-state index contributed by atoms with van der Waals surface area (Å²) in [6, 6.07) is 12.0. The molecule has 0 heterocycles. The maximum atomic E-state index is 12.1. The van der Waals surface area contributed by atoms with Gasteiger partial charge in [0.1, 0.15) is 11.8 Å². The second-order valence-electron chi connectivity index (χ2n) is 4.24. The van der Waals surface area contributed by atoms with Gasteiger partial charge >= 0.3 is 0 Å². The largest absolute Gasteiger partial charge is 0.508 e. The average molecular weight is 323 g/mol. The Morgan fingerprint density at radius 1 is 1.19 bits per heavy atom. The Kier molecular flexibility index (Phi) is 4.48. The van der Waals surface area contributed by atoms with E-state index in [2.05, 4.69) is 4.72 Å². The summed E-state index contributed by atoms with van der Waals surface area (Å²) in [5, 5.41) is 18.0. The molecule has 0 fully saturated rings. The summed E-state index contributed by atoms with van der Waals surface area (Å²) in [5.74, 6) is 0.112. The van der Waals surface area contributed by atoms with Crippen LogP contribution in [0, 0.1) is 11.3 Å². The fourth-order valence-electron chi connectivity index (χ4n) is 1.63. The van der Waals surface area contributed by atoms with E-state index >= 15 is 0 Å². The molecule has 0 aromatic heterocycles. The lowest BCUT2D eigenvalue weighted by Crippen LogP contribution is -2.23. The number of phenolic OH excluding ortho intramolecular Hbond substituents is 1. The number of benzene rings is 2. The number of hydrogen-bond acceptors (Lipinski definition) is 4. The lowest BCUT2D eigenvalue weighted by Gasteiger charge is -2.08. The molecule has 0 radical (unpaired) electrons. The number of nitrogens with one attached hydrogen (secondary N) is 1. The Balaban J connectivity index is 2.17. The third-order valence-corrected chi connectivity index (χ3v) is 4.49. The van der Waals surface area contributed by atoms with Gasteiger partial charge in [0.25, 0.3) is 0 Å². The van der Waals surface area contributed by atoms with Crippen LogP contribution in [0.3, 0.4) is 0 Å². The predicted octanol–water partition coefficient (Wildman–Crippen LogP) is 2.40. The molecule has 21 heavy (non-hydrogen) atoms. The van der Waals surface area contributed by atoms with Crippen molar-refractivity contribution < 1.29 is 13.5 Å². The zero-order valence-electron chi connectivity index (χ0n) is 10.7. The second kappa shape index (κ2) is 6.14. The van der Waals surface area contributed by atoms with Crippen molar-refractivity contribution in [3.63, 3.8) is 0 Å². The highest BCUT2D eigenvalue weighted by Crippen LogP contribution is 2.20. The molecule has 0 saturated carbocycles. The van der Waals surface area contributed by atoms with Gasteiger partial charge in [-0.15, -0.1) is 0 Å². The molecule has 2 rings (SSSR count). The Morgan fingerprint density at radius 2 is 1.86 bits per heavy atom. The molecule has 0 atom stereocenters. The quantitative estimate of drug-likeness (QED) is 0.904. The van der Waals surface area contributed by atoms with E-state index in [1.165, 1.54) is 30.3 Å². The van der Waals surface area contributed by atoms with Crippen LogP contribution in [0.1, 0.15) is 11.1 Å². The molecule has 2 N–H and O–H groups in total. The highest BCUT2D eigenvalue weighted by Gasteiger charge is 2.15. The van der Waals surface area contributed by atoms with Crippen LogP contribution < -0.4 is 4.72 Å². The molecule has 0 amide bonds. The van der Waals surface area contributed by atoms with E-state index in [9.17, 15) is 8.42 Å². The van der Waals surface area contributed by atoms with E-state index < -0.39 is 10.0 Å². The smallest absolute Gasteiger partial charge is 0.240 e. The fraction of sp³-hybridized carbons (Fsp3) is 0.0714. The van der Waals surface area contributed by atoms with E-state index in [1.54, 1.807) is 12.1 Å². The molecular formula is C14H11ClN2O3S. The molecule has 0 aliphatic heterocycles. The summed E-state index contributed by atoms with van der Waals surface area (Å²) in [7, 11) is -3.72. The predicted molar refractivity (Wildman–Crippen MR) is 78.3 cm³/mol. The molecule has 7 heteroatoms. The zero-order chi connectivity index (χ0) is 15.5. The maximum Gasteiger partial charge on any atom is 0.240 e. The monoisotopic (exact) mass is 322 g/mol. The van der Waals surface area contributed by atoms with Crippen LogP contribution in [0.25, 0.3) is 0 Å². The minimum atomic E-state index is -3.72. The highest BCUT2D eigenvalue weighted by molar-refractivity contribution is 7.89. The van der Waals surface area contributed by atoms with Crippen LogP contribution in [-0.2, 0) is 16.6 Å². The first-order valence-corrected chi connectivity index (χ1v) is 7.76. The van der Waals surface area contributed by atoms with Crippen molar-refractivity contribution in [2.45, 2.75) is 11.4 Å². The van der Waals surface area contributed by atoms with E-state index in [0.29, 0.717) is 5.56 Å². The van der Waals surface area contributed by atoms with Gasteiger partial charge in [-0.3, -0.25) is 0 Å². The van der Waals surface area contributed by atoms with Crippen LogP contribution in [-0.4, -0.2) is 13.5 Å². The van der Waals surface area contributed by atoms with Crippen LogP contribution in [0.5, 0.6) is 5.75 Å². The summed E-state index contributed by atoms with van der Waals surface area (Å²) in [6.45, 7) is 0.0836. The molecule has 2 aromatic carbocycles. The summed E-state index contributed by atoms with van der Waals surface area (Å²) in [5.41, 5.74) is 0.922. The Labute approximate surface area is 127 Å². The Morgan fingerprint density at radius 3 is 2.43 bits per heavy atom. The third kappa shape index (κ3) is 3.73. The first-order chi connectivity index (χ1) is 9.92. The SMILES string of the molecule is N#Cc1ccc(S(=O)(=O)NCc2ccc(O)cc2)cc1Cl. The van der Waals surface area contributed by atoms with Gasteiger partial charge in [-0.1, -0.05) is 23.7 Å². The van der Waals surface area contributed by atoms with E-state index in [4.69, 9.17) is 22.0 Å². The zero-order valence-corrected chi connectivity index (χ0v) is 12.3. The number of nitrogens with zero attached hydrogens (tertiary/aromatic N) is 1. The van der Waals surface area contributed by atoms with Crippen molar-refractivity contribution in [1.82, 2.24) is 4.72 Å². The van der Waals surface area contributed by atoms with E-state index in [0.717, 1.165) is 0 Å². The van der Waals surface area contributed by atoms with Crippen LogP contribution in [0.15, 0.2) is 47.4 Å². The van der Waals surface area contributed by atoms with Gasteiger partial charge < -0.3 is 5.11 Å². The molecule has 0 bridgehead atoms. The maximum absolute atomic E-state index is 12.1. The van der Waals surface area contributed by atoms with Crippen molar-refractivity contribution in [3.8, 4) is 11.8 Å². The standard InChI is InChI=1S/C14H11ClN2O3S/c15-14-7-13(6-3-11(14)8-16)21(19,20)17-9-10-1-4-12(18)5-2-10/h1-7,17-18H,9H2. The van der Waals surface area contributed by atoms with Gasteiger partial charge in [0.15, 0.2) is 0 Å². The summed E-state index contributed by atoms with van der Waals surface area (Å²) in [6.07, 6.45) is 0. The number of phenols is 1. The fourth-order valence-corrected chi connectivity index (χ4v) is 2.96. The minimum absolute atomic E-state index is 0.00900. The minimum Gasteiger partial charge on any atom is -0.508 e. The average Bonchev–Trinajstić information content (AvgIpc) is 2.46. The van der Waals surface area contributed by atoms with Crippen molar-refractivity contribution in [2.75, 3.05) is 0 Å². The normalized spacial score (nSPS) is 11.0. The van der Waals surface area contributed by atoms with E-state index in [1.807, 2.05) is 6.07 Å². The van der Waals surface area contributed by atoms with Gasteiger partial charge in [0.2, 0.25) is 10.0 Å². The van der Waals surface area contributed by atoms with Crippen LogP contribution in [0.2, 0.25) is 5.02 Å². The molecule has 108 valence electrons. The topological polar surface area (TPSA) is 90.2 Å². The molecule has 5 nitrogen and oxygen atoms in total. The van der Waals surface area contributed by atoms with Gasteiger partial charge in [-0.25, -0.2) is 13.1 Å². The lowest BCUT2D eigenvalue weighted by atomic mass is 10.2. The summed E-state index contributed by atoms with van der Waals surface area (Å²) < 4.78 is 26.7. The molecule has 0 aliphatic rings. The van der Waals surface area contributed by atoms with Gasteiger partial charge in [0.05, 0.1) is 15.5 Å². The van der Waals surface area contributed by atoms with Gasteiger partial charge in [-0.05, 0) is 35.9 Å². The molecule has 2 aromatic rings. The number of hydrogen-bond donors (Lipinski definition) is 2. The molecule has 0 aliphatic carbocycles.